The van der Waals surface area contributed by atoms with E-state index >= 15 is 0 Å². The van der Waals surface area contributed by atoms with Crippen LogP contribution in [0, 0.1) is 0 Å². The van der Waals surface area contributed by atoms with Crippen molar-refractivity contribution in [1.29, 1.82) is 0 Å². The summed E-state index contributed by atoms with van der Waals surface area (Å²) in [4.78, 5) is 14.8. The first-order valence-electron chi connectivity index (χ1n) is 7.41. The molecule has 0 spiro atoms. The molecule has 2 heterocycles. The molecule has 2 atom stereocenters. The highest BCUT2D eigenvalue weighted by Crippen LogP contribution is 2.25. The van der Waals surface area contributed by atoms with Crippen LogP contribution in [0.4, 0.5) is 0 Å². The Morgan fingerprint density at radius 2 is 2.33 bits per heavy atom. The molecule has 2 fully saturated rings. The summed E-state index contributed by atoms with van der Waals surface area (Å²) >= 11 is 0. The van der Waals surface area contributed by atoms with Crippen LogP contribution in [0.3, 0.4) is 0 Å². The summed E-state index contributed by atoms with van der Waals surface area (Å²) in [6.07, 6.45) is 6.60. The standard InChI is InChI=1S/C14H27N3O/c1-3-7-14(8-5-9-16-14)13(18)15-11-12-6-4-10-17(12)2/h12,16H,3-11H2,1-2H3,(H,15,18). The van der Waals surface area contributed by atoms with E-state index in [2.05, 4.69) is 29.5 Å². The SMILES string of the molecule is CCCC1(C(=O)NCC2CCCN2C)CCCN1. The number of likely N-dealkylation sites (tertiary alicyclic amines) is 1. The second kappa shape index (κ2) is 6.02. The van der Waals surface area contributed by atoms with Crippen LogP contribution in [0.1, 0.15) is 45.4 Å². The van der Waals surface area contributed by atoms with E-state index in [0.29, 0.717) is 6.04 Å². The summed E-state index contributed by atoms with van der Waals surface area (Å²) in [6.45, 7) is 5.11. The van der Waals surface area contributed by atoms with E-state index in [1.54, 1.807) is 0 Å². The minimum absolute atomic E-state index is 0.224. The average molecular weight is 253 g/mol. The topological polar surface area (TPSA) is 44.4 Å². The molecule has 18 heavy (non-hydrogen) atoms. The number of hydrogen-bond acceptors (Lipinski definition) is 3. The van der Waals surface area contributed by atoms with Crippen molar-refractivity contribution in [3.05, 3.63) is 0 Å². The minimum Gasteiger partial charge on any atom is -0.353 e. The van der Waals surface area contributed by atoms with Gasteiger partial charge in [0.05, 0.1) is 5.54 Å². The molecular weight excluding hydrogens is 226 g/mol. The van der Waals surface area contributed by atoms with Gasteiger partial charge < -0.3 is 15.5 Å². The van der Waals surface area contributed by atoms with Gasteiger partial charge >= 0.3 is 0 Å². The fourth-order valence-electron chi connectivity index (χ4n) is 3.37. The molecule has 4 heteroatoms. The maximum Gasteiger partial charge on any atom is 0.240 e. The molecule has 104 valence electrons. The maximum absolute atomic E-state index is 12.4. The van der Waals surface area contributed by atoms with Gasteiger partial charge in [0.15, 0.2) is 0 Å². The monoisotopic (exact) mass is 253 g/mol. The third-order valence-electron chi connectivity index (χ3n) is 4.52. The van der Waals surface area contributed by atoms with Gasteiger partial charge in [0.2, 0.25) is 5.91 Å². The first kappa shape index (κ1) is 13.8. The second-order valence-corrected chi connectivity index (χ2v) is 5.85. The lowest BCUT2D eigenvalue weighted by molar-refractivity contribution is -0.127. The first-order valence-corrected chi connectivity index (χ1v) is 7.41. The summed E-state index contributed by atoms with van der Waals surface area (Å²) in [6, 6.07) is 0.536. The van der Waals surface area contributed by atoms with Gasteiger partial charge in [0.1, 0.15) is 0 Å². The molecule has 2 aliphatic heterocycles. The molecule has 0 aromatic carbocycles. The predicted octanol–water partition coefficient (Wildman–Crippen LogP) is 1.12. The van der Waals surface area contributed by atoms with Gasteiger partial charge in [0.25, 0.3) is 0 Å². The number of nitrogens with zero attached hydrogens (tertiary/aromatic N) is 1. The molecule has 2 aliphatic rings. The number of rotatable bonds is 5. The zero-order valence-corrected chi connectivity index (χ0v) is 11.8. The molecule has 2 rings (SSSR count). The first-order chi connectivity index (χ1) is 8.68. The van der Waals surface area contributed by atoms with Gasteiger partial charge in [0, 0.05) is 12.6 Å². The lowest BCUT2D eigenvalue weighted by atomic mass is 9.91. The van der Waals surface area contributed by atoms with E-state index in [1.165, 1.54) is 19.4 Å². The van der Waals surface area contributed by atoms with Gasteiger partial charge in [-0.15, -0.1) is 0 Å². The van der Waals surface area contributed by atoms with Crippen molar-refractivity contribution in [3.8, 4) is 0 Å². The summed E-state index contributed by atoms with van der Waals surface area (Å²) in [5.41, 5.74) is -0.272. The van der Waals surface area contributed by atoms with E-state index in [9.17, 15) is 4.79 Å². The van der Waals surface area contributed by atoms with Crippen molar-refractivity contribution in [2.45, 2.75) is 57.0 Å². The Bertz CT molecular complexity index is 287. The molecular formula is C14H27N3O. The van der Waals surface area contributed by atoms with Gasteiger partial charge in [-0.1, -0.05) is 13.3 Å². The van der Waals surface area contributed by atoms with Gasteiger partial charge in [-0.2, -0.15) is 0 Å². The van der Waals surface area contributed by atoms with Gasteiger partial charge in [-0.3, -0.25) is 4.79 Å². The molecule has 0 saturated carbocycles. The zero-order chi connectivity index (χ0) is 13.0. The highest BCUT2D eigenvalue weighted by molar-refractivity contribution is 5.86. The van der Waals surface area contributed by atoms with Crippen LogP contribution in [-0.4, -0.2) is 49.1 Å². The fourth-order valence-corrected chi connectivity index (χ4v) is 3.37. The van der Waals surface area contributed by atoms with E-state index in [1.807, 2.05) is 0 Å². The van der Waals surface area contributed by atoms with Crippen LogP contribution in [0.15, 0.2) is 0 Å². The van der Waals surface area contributed by atoms with E-state index in [-0.39, 0.29) is 11.4 Å². The van der Waals surface area contributed by atoms with Crippen LogP contribution in [0.5, 0.6) is 0 Å². The molecule has 4 nitrogen and oxygen atoms in total. The summed E-state index contributed by atoms with van der Waals surface area (Å²) in [5, 5.41) is 6.61. The van der Waals surface area contributed by atoms with Crippen LogP contribution >= 0.6 is 0 Å². The van der Waals surface area contributed by atoms with Crippen LogP contribution in [0.25, 0.3) is 0 Å². The molecule has 2 N–H and O–H groups in total. The maximum atomic E-state index is 12.4. The number of likely N-dealkylation sites (N-methyl/N-ethyl adjacent to an activating group) is 1. The lowest BCUT2D eigenvalue weighted by Crippen LogP contribution is -2.55. The largest absolute Gasteiger partial charge is 0.353 e. The zero-order valence-electron chi connectivity index (χ0n) is 11.8. The van der Waals surface area contributed by atoms with Gasteiger partial charge in [-0.05, 0) is 52.2 Å². The van der Waals surface area contributed by atoms with Crippen molar-refractivity contribution >= 4 is 5.91 Å². The Labute approximate surface area is 110 Å². The average Bonchev–Trinajstić information content (AvgIpc) is 2.97. The fraction of sp³-hybridized carbons (Fsp3) is 0.929. The molecule has 1 amide bonds. The van der Waals surface area contributed by atoms with E-state index < -0.39 is 0 Å². The van der Waals surface area contributed by atoms with Crippen molar-refractivity contribution in [1.82, 2.24) is 15.5 Å². The molecule has 2 saturated heterocycles. The molecule has 0 aromatic heterocycles. The van der Waals surface area contributed by atoms with E-state index in [4.69, 9.17) is 0 Å². The minimum atomic E-state index is -0.272. The van der Waals surface area contributed by atoms with Crippen molar-refractivity contribution < 1.29 is 4.79 Å². The summed E-state index contributed by atoms with van der Waals surface area (Å²) in [7, 11) is 2.15. The Hall–Kier alpha value is -0.610. The Morgan fingerprint density at radius 1 is 1.50 bits per heavy atom. The lowest BCUT2D eigenvalue weighted by Gasteiger charge is -2.29. The highest BCUT2D eigenvalue weighted by Gasteiger charge is 2.40. The third kappa shape index (κ3) is 2.86. The van der Waals surface area contributed by atoms with Crippen LogP contribution < -0.4 is 10.6 Å². The highest BCUT2D eigenvalue weighted by atomic mass is 16.2. The Kier molecular flexibility index (Phi) is 4.62. The third-order valence-corrected chi connectivity index (χ3v) is 4.52. The normalized spacial score (nSPS) is 32.9. The quantitative estimate of drug-likeness (QED) is 0.772. The number of carbonyl (C=O) groups is 1. The Morgan fingerprint density at radius 3 is 2.89 bits per heavy atom. The molecule has 0 bridgehead atoms. The smallest absolute Gasteiger partial charge is 0.240 e. The Balaban J connectivity index is 1.85. The molecule has 0 radical (unpaired) electrons. The summed E-state index contributed by atoms with van der Waals surface area (Å²) < 4.78 is 0. The number of nitrogens with one attached hydrogen (secondary N) is 2. The van der Waals surface area contributed by atoms with Gasteiger partial charge in [-0.25, -0.2) is 0 Å². The van der Waals surface area contributed by atoms with Crippen molar-refractivity contribution in [2.75, 3.05) is 26.7 Å². The molecule has 0 aliphatic carbocycles. The molecule has 0 aromatic rings. The number of carbonyl (C=O) groups excluding carboxylic acids is 1. The van der Waals surface area contributed by atoms with Crippen molar-refractivity contribution in [2.24, 2.45) is 0 Å². The molecule has 2 unspecified atom stereocenters. The number of amides is 1. The van der Waals surface area contributed by atoms with Crippen molar-refractivity contribution in [3.63, 3.8) is 0 Å². The predicted molar refractivity (Wildman–Crippen MR) is 73.5 cm³/mol. The van der Waals surface area contributed by atoms with E-state index in [0.717, 1.165) is 38.8 Å². The summed E-state index contributed by atoms with van der Waals surface area (Å²) in [5.74, 6) is 0.224. The number of hydrogen-bond donors (Lipinski definition) is 2. The van der Waals surface area contributed by atoms with Crippen LogP contribution in [-0.2, 0) is 4.79 Å². The van der Waals surface area contributed by atoms with Crippen LogP contribution in [0.2, 0.25) is 0 Å². The second-order valence-electron chi connectivity index (χ2n) is 5.85.